The van der Waals surface area contributed by atoms with E-state index >= 15 is 0 Å². The zero-order valence-electron chi connectivity index (χ0n) is 24.9. The third kappa shape index (κ3) is 6.40. The predicted molar refractivity (Wildman–Crippen MR) is 163 cm³/mol. The van der Waals surface area contributed by atoms with Gasteiger partial charge >= 0.3 is 23.9 Å². The first-order valence-corrected chi connectivity index (χ1v) is 15.4. The number of nitrogens with zero attached hydrogens (tertiary/aromatic N) is 2. The average Bonchev–Trinajstić information content (AvgIpc) is 3.52. The first kappa shape index (κ1) is 32.0. The quantitative estimate of drug-likeness (QED) is 0.197. The van der Waals surface area contributed by atoms with Crippen LogP contribution in [0.25, 0.3) is 21.7 Å². The lowest BCUT2D eigenvalue weighted by Gasteiger charge is -2.45. The van der Waals surface area contributed by atoms with Crippen LogP contribution in [-0.4, -0.2) is 59.5 Å². The number of nitriles is 1. The van der Waals surface area contributed by atoms with Crippen LogP contribution in [0, 0.1) is 16.0 Å². The van der Waals surface area contributed by atoms with E-state index in [9.17, 15) is 24.4 Å². The highest BCUT2D eigenvalue weighted by Gasteiger charge is 2.53. The Morgan fingerprint density at radius 1 is 0.933 bits per heavy atom. The standard InChI is InChI=1S/C32H30N2O9S2/c1-16(35)39-15-24-28(40-17(2)36)29(41-18(3)37)30(42-19(4)38)31(43-24)34-27(25-10-7-13-45-25)22-12-11-20-8-5-6-9-21(20)26(22)23(14-33)32(34)44/h5-10,13,24,28-31H,11-12,15H2,1-4H3/t24-,28-,29+,30-,31-/m1/s1. The fourth-order valence-electron chi connectivity index (χ4n) is 5.97. The largest absolute Gasteiger partial charge is 0.463 e. The van der Waals surface area contributed by atoms with Gasteiger partial charge in [-0.1, -0.05) is 42.5 Å². The van der Waals surface area contributed by atoms with E-state index in [0.29, 0.717) is 18.5 Å². The number of carbonyl (C=O) groups excluding carboxylic acids is 4. The Morgan fingerprint density at radius 3 is 2.22 bits per heavy atom. The molecule has 0 amide bonds. The Morgan fingerprint density at radius 2 is 1.60 bits per heavy atom. The summed E-state index contributed by atoms with van der Waals surface area (Å²) in [5.74, 6) is -2.84. The number of carbonyl (C=O) groups is 4. The van der Waals surface area contributed by atoms with Crippen LogP contribution in [-0.2, 0) is 55.7 Å². The number of ether oxygens (including phenoxy) is 5. The Hall–Kier alpha value is -4.38. The molecule has 0 saturated carbocycles. The molecule has 3 heterocycles. The predicted octanol–water partition coefficient (Wildman–Crippen LogP) is 4.84. The molecule has 1 saturated heterocycles. The van der Waals surface area contributed by atoms with Gasteiger partial charge in [-0.15, -0.1) is 11.3 Å². The fourth-order valence-corrected chi connectivity index (χ4v) is 7.10. The molecule has 2 aromatic heterocycles. The molecule has 45 heavy (non-hydrogen) atoms. The van der Waals surface area contributed by atoms with E-state index in [4.69, 9.17) is 35.9 Å². The number of aryl methyl sites for hydroxylation is 1. The third-order valence-electron chi connectivity index (χ3n) is 7.53. The van der Waals surface area contributed by atoms with Gasteiger partial charge in [0.1, 0.15) is 23.4 Å². The van der Waals surface area contributed by atoms with E-state index in [2.05, 4.69) is 6.07 Å². The molecule has 2 aliphatic rings. The lowest BCUT2D eigenvalue weighted by Crippen LogP contribution is -2.60. The summed E-state index contributed by atoms with van der Waals surface area (Å²) in [4.78, 5) is 49.9. The molecule has 1 aliphatic heterocycles. The summed E-state index contributed by atoms with van der Waals surface area (Å²) in [6.45, 7) is 4.31. The number of rotatable bonds is 7. The lowest BCUT2D eigenvalue weighted by atomic mass is 9.82. The first-order valence-electron chi connectivity index (χ1n) is 14.2. The van der Waals surface area contributed by atoms with E-state index in [-0.39, 0.29) is 16.8 Å². The van der Waals surface area contributed by atoms with Gasteiger partial charge in [0.2, 0.25) is 0 Å². The number of fused-ring (bicyclic) bond motifs is 3. The lowest BCUT2D eigenvalue weighted by molar-refractivity contribution is -0.268. The Bertz CT molecular complexity index is 1760. The molecule has 0 N–H and O–H groups in total. The molecule has 0 bridgehead atoms. The molecule has 0 spiro atoms. The minimum Gasteiger partial charge on any atom is -0.463 e. The molecule has 3 aromatic rings. The number of thiophene rings is 1. The molecule has 0 radical (unpaired) electrons. The highest BCUT2D eigenvalue weighted by molar-refractivity contribution is 7.71. The van der Waals surface area contributed by atoms with Crippen LogP contribution < -0.4 is 0 Å². The van der Waals surface area contributed by atoms with E-state index in [0.717, 1.165) is 41.0 Å². The molecule has 5 atom stereocenters. The Kier molecular flexibility index (Phi) is 9.48. The summed E-state index contributed by atoms with van der Waals surface area (Å²) in [7, 11) is 0. The number of benzene rings is 1. The maximum absolute atomic E-state index is 12.6. The highest BCUT2D eigenvalue weighted by Crippen LogP contribution is 2.46. The second kappa shape index (κ2) is 13.3. The minimum absolute atomic E-state index is 0.0947. The van der Waals surface area contributed by atoms with Crippen molar-refractivity contribution in [3.8, 4) is 27.8 Å². The molecule has 0 unspecified atom stereocenters. The SMILES string of the molecule is CC(=O)OC[C@H]1O[C@@H](n2c(-c3cccs3)c3c(c(C#N)c2=S)-c2ccccc2CC3)[C@H](OC(C)=O)[C@@H](OC(C)=O)[C@@H]1OC(C)=O. The van der Waals surface area contributed by atoms with Crippen molar-refractivity contribution in [2.75, 3.05) is 6.61 Å². The van der Waals surface area contributed by atoms with Crippen molar-refractivity contribution >= 4 is 47.4 Å². The molecular weight excluding hydrogens is 620 g/mol. The normalized spacial score (nSPS) is 21.8. The maximum atomic E-state index is 12.6. The van der Waals surface area contributed by atoms with Crippen molar-refractivity contribution in [3.63, 3.8) is 0 Å². The number of hydrogen-bond acceptors (Lipinski definition) is 12. The maximum Gasteiger partial charge on any atom is 0.303 e. The van der Waals surface area contributed by atoms with Gasteiger partial charge in [0.05, 0.1) is 16.1 Å². The van der Waals surface area contributed by atoms with Gasteiger partial charge < -0.3 is 23.7 Å². The molecule has 11 nitrogen and oxygen atoms in total. The summed E-state index contributed by atoms with van der Waals surface area (Å²) < 4.78 is 30.5. The smallest absolute Gasteiger partial charge is 0.303 e. The molecule has 5 rings (SSSR count). The van der Waals surface area contributed by atoms with E-state index < -0.39 is 54.5 Å². The molecule has 1 aromatic carbocycles. The summed E-state index contributed by atoms with van der Waals surface area (Å²) >= 11 is 7.47. The van der Waals surface area contributed by atoms with Gasteiger partial charge in [0.25, 0.3) is 0 Å². The van der Waals surface area contributed by atoms with Crippen molar-refractivity contribution in [2.45, 2.75) is 71.2 Å². The minimum atomic E-state index is -1.39. The average molecular weight is 651 g/mol. The number of hydrogen-bond donors (Lipinski definition) is 0. The fraction of sp³-hybridized carbons (Fsp3) is 0.375. The highest BCUT2D eigenvalue weighted by atomic mass is 32.1. The monoisotopic (exact) mass is 650 g/mol. The van der Waals surface area contributed by atoms with Crippen molar-refractivity contribution in [2.24, 2.45) is 0 Å². The van der Waals surface area contributed by atoms with Gasteiger partial charge in [-0.25, -0.2) is 0 Å². The van der Waals surface area contributed by atoms with Gasteiger partial charge in [-0.05, 0) is 41.0 Å². The second-order valence-corrected chi connectivity index (χ2v) is 11.9. The second-order valence-electron chi connectivity index (χ2n) is 10.6. The van der Waals surface area contributed by atoms with Crippen LogP contribution in [0.3, 0.4) is 0 Å². The van der Waals surface area contributed by atoms with Crippen LogP contribution in [0.1, 0.15) is 50.6 Å². The van der Waals surface area contributed by atoms with Gasteiger partial charge in [-0.2, -0.15) is 5.26 Å². The van der Waals surface area contributed by atoms with Crippen molar-refractivity contribution in [1.82, 2.24) is 4.57 Å². The molecule has 1 fully saturated rings. The van der Waals surface area contributed by atoms with Crippen LogP contribution in [0.4, 0.5) is 0 Å². The summed E-state index contributed by atoms with van der Waals surface area (Å²) in [6.07, 6.45) is -5.34. The number of pyridine rings is 1. The van der Waals surface area contributed by atoms with Crippen molar-refractivity contribution in [3.05, 3.63) is 63.1 Å². The molecular formula is C32H30N2O9S2. The Balaban J connectivity index is 1.82. The van der Waals surface area contributed by atoms with Crippen LogP contribution in [0.15, 0.2) is 41.8 Å². The zero-order chi connectivity index (χ0) is 32.4. The van der Waals surface area contributed by atoms with Gasteiger partial charge in [0, 0.05) is 33.3 Å². The first-order chi connectivity index (χ1) is 21.5. The topological polar surface area (TPSA) is 143 Å². The zero-order valence-corrected chi connectivity index (χ0v) is 26.6. The van der Waals surface area contributed by atoms with Gasteiger partial charge in [-0.3, -0.25) is 23.7 Å². The van der Waals surface area contributed by atoms with Gasteiger partial charge in [0.15, 0.2) is 24.5 Å². The summed E-state index contributed by atoms with van der Waals surface area (Å²) in [5.41, 5.74) is 4.40. The molecule has 234 valence electrons. The van der Waals surface area contributed by atoms with Crippen molar-refractivity contribution in [1.29, 1.82) is 5.26 Å². The third-order valence-corrected chi connectivity index (χ3v) is 8.81. The molecule has 1 aliphatic carbocycles. The van der Waals surface area contributed by atoms with Crippen LogP contribution in [0.2, 0.25) is 0 Å². The Labute approximate surface area is 268 Å². The van der Waals surface area contributed by atoms with E-state index in [1.165, 1.54) is 25.2 Å². The number of esters is 4. The summed E-state index contributed by atoms with van der Waals surface area (Å²) in [5, 5.41) is 12.4. The summed E-state index contributed by atoms with van der Waals surface area (Å²) in [6, 6.07) is 13.9. The van der Waals surface area contributed by atoms with Crippen LogP contribution >= 0.6 is 23.6 Å². The number of aromatic nitrogens is 1. The molecule has 13 heteroatoms. The van der Waals surface area contributed by atoms with E-state index in [1.807, 2.05) is 41.8 Å². The van der Waals surface area contributed by atoms with Crippen LogP contribution in [0.5, 0.6) is 0 Å². The van der Waals surface area contributed by atoms with E-state index in [1.54, 1.807) is 4.57 Å². The van der Waals surface area contributed by atoms with Crippen molar-refractivity contribution < 1.29 is 42.9 Å².